The quantitative estimate of drug-likeness (QED) is 0.709. The van der Waals surface area contributed by atoms with Crippen molar-refractivity contribution < 1.29 is 4.79 Å². The number of carbonyl (C=O) groups excluding carboxylic acids is 1. The fourth-order valence-electron chi connectivity index (χ4n) is 1.46. The molecule has 2 rings (SSSR count). The minimum Gasteiger partial charge on any atom is -0.289 e. The van der Waals surface area contributed by atoms with Crippen LogP contribution in [-0.4, -0.2) is 5.78 Å². The topological polar surface area (TPSA) is 17.1 Å². The van der Waals surface area contributed by atoms with Gasteiger partial charge in [-0.15, -0.1) is 0 Å². The molecule has 4 heteroatoms. The maximum Gasteiger partial charge on any atom is 0.194 e. The van der Waals surface area contributed by atoms with Crippen molar-refractivity contribution in [3.05, 3.63) is 68.1 Å². The van der Waals surface area contributed by atoms with Crippen LogP contribution in [0.1, 0.15) is 15.9 Å². The van der Waals surface area contributed by atoms with Gasteiger partial charge in [0.15, 0.2) is 5.78 Å². The van der Waals surface area contributed by atoms with Crippen molar-refractivity contribution in [1.29, 1.82) is 0 Å². The van der Waals surface area contributed by atoms with Crippen molar-refractivity contribution in [2.75, 3.05) is 0 Å². The first-order valence-electron chi connectivity index (χ1n) is 4.84. The van der Waals surface area contributed by atoms with Crippen molar-refractivity contribution in [2.45, 2.75) is 0 Å². The number of ketones is 1. The van der Waals surface area contributed by atoms with E-state index in [9.17, 15) is 4.79 Å². The Morgan fingerprint density at radius 1 is 1.06 bits per heavy atom. The second kappa shape index (κ2) is 5.21. The molecule has 0 N–H and O–H groups in total. The lowest BCUT2D eigenvalue weighted by Crippen LogP contribution is -2.02. The summed E-state index contributed by atoms with van der Waals surface area (Å²) in [5, 5.41) is 0.944. The van der Waals surface area contributed by atoms with Crippen LogP contribution in [-0.2, 0) is 0 Å². The number of hydrogen-bond donors (Lipinski definition) is 0. The van der Waals surface area contributed by atoms with Crippen LogP contribution in [0.2, 0.25) is 10.0 Å². The molecule has 0 aliphatic rings. The van der Waals surface area contributed by atoms with Gasteiger partial charge in [-0.25, -0.2) is 0 Å². The maximum absolute atomic E-state index is 12.2. The zero-order valence-electron chi connectivity index (χ0n) is 8.58. The molecular formula is C13H7BrCl2O. The lowest BCUT2D eigenvalue weighted by Gasteiger charge is -2.05. The summed E-state index contributed by atoms with van der Waals surface area (Å²) in [5.41, 5.74) is 0.987. The summed E-state index contributed by atoms with van der Waals surface area (Å²) in [5.74, 6) is -0.140. The molecule has 0 saturated carbocycles. The highest BCUT2D eigenvalue weighted by Crippen LogP contribution is 2.28. The Hall–Kier alpha value is -0.830. The van der Waals surface area contributed by atoms with E-state index in [1.54, 1.807) is 42.5 Å². The van der Waals surface area contributed by atoms with Gasteiger partial charge < -0.3 is 0 Å². The zero-order chi connectivity index (χ0) is 12.4. The summed E-state index contributed by atoms with van der Waals surface area (Å²) in [6, 6.07) is 12.1. The van der Waals surface area contributed by atoms with Crippen molar-refractivity contribution in [3.63, 3.8) is 0 Å². The third-order valence-corrected chi connectivity index (χ3v) is 3.81. The van der Waals surface area contributed by atoms with Crippen molar-refractivity contribution in [1.82, 2.24) is 0 Å². The lowest BCUT2D eigenvalue weighted by molar-refractivity contribution is 0.103. The SMILES string of the molecule is O=C(c1cccc(Cl)c1)c1cccc(Br)c1Cl. The first-order chi connectivity index (χ1) is 8.09. The van der Waals surface area contributed by atoms with Gasteiger partial charge in [-0.2, -0.15) is 0 Å². The van der Waals surface area contributed by atoms with Gasteiger partial charge in [0.05, 0.1) is 5.02 Å². The Labute approximate surface area is 117 Å². The Morgan fingerprint density at radius 3 is 2.47 bits per heavy atom. The largest absolute Gasteiger partial charge is 0.289 e. The average molecular weight is 330 g/mol. The molecule has 0 amide bonds. The van der Waals surface area contributed by atoms with E-state index in [0.29, 0.717) is 25.6 Å². The van der Waals surface area contributed by atoms with E-state index in [2.05, 4.69) is 15.9 Å². The van der Waals surface area contributed by atoms with E-state index in [4.69, 9.17) is 23.2 Å². The summed E-state index contributed by atoms with van der Waals surface area (Å²) in [6.45, 7) is 0. The fourth-order valence-corrected chi connectivity index (χ4v) is 2.23. The fraction of sp³-hybridized carbons (Fsp3) is 0. The summed E-state index contributed by atoms with van der Waals surface area (Å²) in [7, 11) is 0. The number of carbonyl (C=O) groups is 1. The van der Waals surface area contributed by atoms with Gasteiger partial charge in [0.25, 0.3) is 0 Å². The molecule has 2 aromatic rings. The zero-order valence-corrected chi connectivity index (χ0v) is 11.7. The van der Waals surface area contributed by atoms with Crippen molar-refractivity contribution in [2.24, 2.45) is 0 Å². The molecule has 0 atom stereocenters. The molecule has 0 bridgehead atoms. The standard InChI is InChI=1S/C13H7BrCl2O/c14-11-6-2-5-10(12(11)16)13(17)8-3-1-4-9(15)7-8/h1-7H. The van der Waals surface area contributed by atoms with Crippen LogP contribution in [0.4, 0.5) is 0 Å². The molecule has 0 heterocycles. The van der Waals surface area contributed by atoms with E-state index in [1.165, 1.54) is 0 Å². The Morgan fingerprint density at radius 2 is 1.76 bits per heavy atom. The molecule has 0 aromatic heterocycles. The molecule has 0 aliphatic heterocycles. The lowest BCUT2D eigenvalue weighted by atomic mass is 10.0. The van der Waals surface area contributed by atoms with Crippen LogP contribution >= 0.6 is 39.1 Å². The van der Waals surface area contributed by atoms with E-state index in [-0.39, 0.29) is 5.78 Å². The molecule has 86 valence electrons. The number of hydrogen-bond acceptors (Lipinski definition) is 1. The highest BCUT2D eigenvalue weighted by Gasteiger charge is 2.14. The normalized spacial score (nSPS) is 10.3. The number of benzene rings is 2. The second-order valence-electron chi connectivity index (χ2n) is 3.44. The summed E-state index contributed by atoms with van der Waals surface area (Å²) >= 11 is 15.2. The number of rotatable bonds is 2. The molecular weight excluding hydrogens is 323 g/mol. The molecule has 0 spiro atoms. The molecule has 0 aliphatic carbocycles. The Bertz CT molecular complexity index is 581. The van der Waals surface area contributed by atoms with Crippen LogP contribution in [0.15, 0.2) is 46.9 Å². The van der Waals surface area contributed by atoms with Gasteiger partial charge in [-0.3, -0.25) is 4.79 Å². The highest BCUT2D eigenvalue weighted by atomic mass is 79.9. The summed E-state index contributed by atoms with van der Waals surface area (Å²) < 4.78 is 0.701. The van der Waals surface area contributed by atoms with Gasteiger partial charge in [-0.1, -0.05) is 41.4 Å². The van der Waals surface area contributed by atoms with Crippen molar-refractivity contribution >= 4 is 44.9 Å². The predicted octanol–water partition coefficient (Wildman–Crippen LogP) is 4.99. The van der Waals surface area contributed by atoms with Gasteiger partial charge >= 0.3 is 0 Å². The predicted molar refractivity (Wildman–Crippen MR) is 74.0 cm³/mol. The second-order valence-corrected chi connectivity index (χ2v) is 5.11. The first kappa shape index (κ1) is 12.6. The summed E-state index contributed by atoms with van der Waals surface area (Å²) in [6.07, 6.45) is 0. The number of halogens is 3. The van der Waals surface area contributed by atoms with Gasteiger partial charge in [-0.05, 0) is 40.2 Å². The minimum atomic E-state index is -0.140. The Kier molecular flexibility index (Phi) is 3.87. The third-order valence-electron chi connectivity index (χ3n) is 2.28. The van der Waals surface area contributed by atoms with E-state index in [1.807, 2.05) is 0 Å². The van der Waals surface area contributed by atoms with Crippen LogP contribution in [0.5, 0.6) is 0 Å². The van der Waals surface area contributed by atoms with Gasteiger partial charge in [0.2, 0.25) is 0 Å². The van der Waals surface area contributed by atoms with E-state index < -0.39 is 0 Å². The molecule has 0 radical (unpaired) electrons. The molecule has 17 heavy (non-hydrogen) atoms. The maximum atomic E-state index is 12.2. The third kappa shape index (κ3) is 2.71. The molecule has 1 nitrogen and oxygen atoms in total. The van der Waals surface area contributed by atoms with Gasteiger partial charge in [0.1, 0.15) is 0 Å². The van der Waals surface area contributed by atoms with E-state index >= 15 is 0 Å². The molecule has 0 unspecified atom stereocenters. The monoisotopic (exact) mass is 328 g/mol. The van der Waals surface area contributed by atoms with Crippen LogP contribution in [0, 0.1) is 0 Å². The van der Waals surface area contributed by atoms with Crippen LogP contribution in [0.25, 0.3) is 0 Å². The smallest absolute Gasteiger partial charge is 0.194 e. The summed E-state index contributed by atoms with van der Waals surface area (Å²) in [4.78, 5) is 12.2. The first-order valence-corrected chi connectivity index (χ1v) is 6.39. The highest BCUT2D eigenvalue weighted by molar-refractivity contribution is 9.10. The van der Waals surface area contributed by atoms with Crippen LogP contribution in [0.3, 0.4) is 0 Å². The van der Waals surface area contributed by atoms with Crippen molar-refractivity contribution in [3.8, 4) is 0 Å². The average Bonchev–Trinajstić information content (AvgIpc) is 2.32. The van der Waals surface area contributed by atoms with Gasteiger partial charge in [0, 0.05) is 20.6 Å². The van der Waals surface area contributed by atoms with E-state index in [0.717, 1.165) is 0 Å². The Balaban J connectivity index is 2.48. The molecule has 2 aromatic carbocycles. The van der Waals surface area contributed by atoms with Crippen LogP contribution < -0.4 is 0 Å². The minimum absolute atomic E-state index is 0.140. The molecule has 0 fully saturated rings. The molecule has 0 saturated heterocycles.